The Morgan fingerprint density at radius 3 is 2.58 bits per heavy atom. The number of hydrogen-bond donors (Lipinski definition) is 1. The van der Waals surface area contributed by atoms with Gasteiger partial charge in [0.2, 0.25) is 0 Å². The van der Waals surface area contributed by atoms with Crippen LogP contribution in [0.1, 0.15) is 28.8 Å². The van der Waals surface area contributed by atoms with E-state index in [2.05, 4.69) is 16.3 Å². The van der Waals surface area contributed by atoms with Crippen molar-refractivity contribution in [3.63, 3.8) is 0 Å². The molecular formula is C19H26ClN3O. The summed E-state index contributed by atoms with van der Waals surface area (Å²) in [5.74, 6) is 0.693. The predicted molar refractivity (Wildman–Crippen MR) is 96.6 cm³/mol. The Labute approximate surface area is 149 Å². The number of benzene rings is 1. The van der Waals surface area contributed by atoms with Gasteiger partial charge in [-0.3, -0.25) is 9.69 Å². The lowest BCUT2D eigenvalue weighted by molar-refractivity contribution is -0.0766. The molecule has 1 aliphatic carbocycles. The second kappa shape index (κ2) is 6.01. The van der Waals surface area contributed by atoms with E-state index in [1.54, 1.807) is 19.0 Å². The number of nitrogens with zero attached hydrogens (tertiary/aromatic N) is 2. The first-order valence-corrected chi connectivity index (χ1v) is 9.28. The third-order valence-electron chi connectivity index (χ3n) is 6.03. The van der Waals surface area contributed by atoms with Crippen LogP contribution in [0.3, 0.4) is 0 Å². The highest BCUT2D eigenvalue weighted by Gasteiger charge is 2.51. The van der Waals surface area contributed by atoms with Crippen LogP contribution in [0.4, 0.5) is 0 Å². The number of nitrogens with one attached hydrogen (secondary N) is 1. The topological polar surface area (TPSA) is 35.6 Å². The zero-order chi connectivity index (χ0) is 16.9. The summed E-state index contributed by atoms with van der Waals surface area (Å²) in [4.78, 5) is 16.3. The molecule has 2 saturated heterocycles. The molecule has 5 heteroatoms. The van der Waals surface area contributed by atoms with Crippen molar-refractivity contribution in [3.8, 4) is 0 Å². The molecule has 0 bridgehead atoms. The van der Waals surface area contributed by atoms with Gasteiger partial charge in [-0.05, 0) is 48.3 Å². The Balaban J connectivity index is 1.28. The monoisotopic (exact) mass is 347 g/mol. The molecule has 4 nitrogen and oxygen atoms in total. The van der Waals surface area contributed by atoms with Crippen LogP contribution < -0.4 is 5.32 Å². The van der Waals surface area contributed by atoms with Gasteiger partial charge in [-0.1, -0.05) is 17.7 Å². The zero-order valence-electron chi connectivity index (χ0n) is 14.5. The second-order valence-electron chi connectivity index (χ2n) is 8.20. The Bertz CT molecular complexity index is 642. The van der Waals surface area contributed by atoms with Crippen molar-refractivity contribution in [1.29, 1.82) is 0 Å². The van der Waals surface area contributed by atoms with Gasteiger partial charge in [-0.25, -0.2) is 0 Å². The third-order valence-corrected chi connectivity index (χ3v) is 6.35. The summed E-state index contributed by atoms with van der Waals surface area (Å²) in [6, 6.07) is 6.73. The van der Waals surface area contributed by atoms with Crippen LogP contribution in [0.25, 0.3) is 0 Å². The van der Waals surface area contributed by atoms with Crippen LogP contribution in [-0.2, 0) is 6.42 Å². The normalized spacial score (nSPS) is 23.5. The molecule has 24 heavy (non-hydrogen) atoms. The summed E-state index contributed by atoms with van der Waals surface area (Å²) < 4.78 is 0. The molecule has 1 spiro atoms. The summed E-state index contributed by atoms with van der Waals surface area (Å²) >= 11 is 6.31. The lowest BCUT2D eigenvalue weighted by Gasteiger charge is -2.60. The molecule has 2 aliphatic heterocycles. The van der Waals surface area contributed by atoms with Crippen molar-refractivity contribution < 1.29 is 4.79 Å². The first-order chi connectivity index (χ1) is 11.5. The van der Waals surface area contributed by atoms with Gasteiger partial charge in [0.25, 0.3) is 5.91 Å². The van der Waals surface area contributed by atoms with Crippen LogP contribution in [0.15, 0.2) is 18.2 Å². The van der Waals surface area contributed by atoms with E-state index < -0.39 is 0 Å². The quantitative estimate of drug-likeness (QED) is 0.907. The summed E-state index contributed by atoms with van der Waals surface area (Å²) in [6.07, 6.45) is 3.84. The number of halogens is 1. The van der Waals surface area contributed by atoms with Crippen molar-refractivity contribution in [3.05, 3.63) is 34.3 Å². The lowest BCUT2D eigenvalue weighted by atomic mass is 9.60. The molecule has 130 valence electrons. The molecule has 0 unspecified atom stereocenters. The standard InChI is InChI=1S/C19H26ClN3O/c1-22(2)18(24)16-4-3-13(6-17(16)20)5-14-9-23(10-14)15-7-19(8-15)11-21-12-19/h3-4,6,14-15,21H,5,7-12H2,1-2H3. The molecule has 1 N–H and O–H groups in total. The van der Waals surface area contributed by atoms with E-state index in [4.69, 9.17) is 11.6 Å². The molecule has 1 amide bonds. The Morgan fingerprint density at radius 1 is 1.33 bits per heavy atom. The van der Waals surface area contributed by atoms with Gasteiger partial charge in [0.05, 0.1) is 10.6 Å². The minimum absolute atomic E-state index is 0.0363. The highest BCUT2D eigenvalue weighted by Crippen LogP contribution is 2.48. The van der Waals surface area contributed by atoms with E-state index in [9.17, 15) is 4.79 Å². The van der Waals surface area contributed by atoms with Crippen molar-refractivity contribution in [1.82, 2.24) is 15.1 Å². The Kier molecular flexibility index (Phi) is 4.10. The van der Waals surface area contributed by atoms with E-state index in [1.807, 2.05) is 12.1 Å². The maximum atomic E-state index is 12.0. The van der Waals surface area contributed by atoms with Crippen molar-refractivity contribution in [2.75, 3.05) is 40.3 Å². The predicted octanol–water partition coefficient (Wildman–Crippen LogP) is 2.27. The number of likely N-dealkylation sites (tertiary alicyclic amines) is 1. The third kappa shape index (κ3) is 2.85. The molecule has 3 aliphatic rings. The van der Waals surface area contributed by atoms with E-state index in [0.29, 0.717) is 16.0 Å². The maximum Gasteiger partial charge on any atom is 0.254 e. The summed E-state index contributed by atoms with van der Waals surface area (Å²) in [5, 5.41) is 3.98. The molecule has 1 saturated carbocycles. The Hall–Kier alpha value is -1.10. The van der Waals surface area contributed by atoms with Gasteiger partial charge in [0.1, 0.15) is 0 Å². The first-order valence-electron chi connectivity index (χ1n) is 8.91. The maximum absolute atomic E-state index is 12.0. The molecule has 1 aromatic rings. The Morgan fingerprint density at radius 2 is 2.04 bits per heavy atom. The molecule has 2 heterocycles. The SMILES string of the molecule is CN(C)C(=O)c1ccc(CC2CN(C3CC4(CNC4)C3)C2)cc1Cl. The zero-order valence-corrected chi connectivity index (χ0v) is 15.3. The van der Waals surface area contributed by atoms with E-state index in [1.165, 1.54) is 44.6 Å². The number of hydrogen-bond acceptors (Lipinski definition) is 3. The van der Waals surface area contributed by atoms with E-state index in [0.717, 1.165) is 18.4 Å². The van der Waals surface area contributed by atoms with Gasteiger partial charge >= 0.3 is 0 Å². The minimum atomic E-state index is -0.0363. The largest absolute Gasteiger partial charge is 0.345 e. The minimum Gasteiger partial charge on any atom is -0.345 e. The van der Waals surface area contributed by atoms with Crippen molar-refractivity contribution in [2.24, 2.45) is 11.3 Å². The highest BCUT2D eigenvalue weighted by molar-refractivity contribution is 6.33. The van der Waals surface area contributed by atoms with Crippen LogP contribution in [0.2, 0.25) is 5.02 Å². The average Bonchev–Trinajstić information content (AvgIpc) is 2.40. The number of carbonyl (C=O) groups excluding carboxylic acids is 1. The van der Waals surface area contributed by atoms with Crippen LogP contribution in [-0.4, -0.2) is 62.0 Å². The van der Waals surface area contributed by atoms with Crippen LogP contribution in [0.5, 0.6) is 0 Å². The first kappa shape index (κ1) is 16.4. The molecule has 0 radical (unpaired) electrons. The van der Waals surface area contributed by atoms with Crippen LogP contribution in [0, 0.1) is 11.3 Å². The van der Waals surface area contributed by atoms with Gasteiger partial charge in [0, 0.05) is 46.3 Å². The van der Waals surface area contributed by atoms with Gasteiger partial charge in [-0.2, -0.15) is 0 Å². The number of rotatable bonds is 4. The fraction of sp³-hybridized carbons (Fsp3) is 0.632. The van der Waals surface area contributed by atoms with Gasteiger partial charge in [-0.15, -0.1) is 0 Å². The molecule has 3 fully saturated rings. The van der Waals surface area contributed by atoms with E-state index >= 15 is 0 Å². The number of carbonyl (C=O) groups is 1. The molecule has 0 atom stereocenters. The summed E-state index contributed by atoms with van der Waals surface area (Å²) in [7, 11) is 3.50. The molecule has 0 aromatic heterocycles. The summed E-state index contributed by atoms with van der Waals surface area (Å²) in [5.41, 5.74) is 2.50. The van der Waals surface area contributed by atoms with E-state index in [-0.39, 0.29) is 5.91 Å². The van der Waals surface area contributed by atoms with Gasteiger partial charge < -0.3 is 10.2 Å². The van der Waals surface area contributed by atoms with Gasteiger partial charge in [0.15, 0.2) is 0 Å². The fourth-order valence-electron chi connectivity index (χ4n) is 4.44. The smallest absolute Gasteiger partial charge is 0.254 e. The molecular weight excluding hydrogens is 322 g/mol. The second-order valence-corrected chi connectivity index (χ2v) is 8.61. The molecule has 4 rings (SSSR count). The average molecular weight is 348 g/mol. The number of amides is 1. The van der Waals surface area contributed by atoms with Crippen molar-refractivity contribution >= 4 is 17.5 Å². The molecule has 1 aromatic carbocycles. The fourth-order valence-corrected chi connectivity index (χ4v) is 4.72. The van der Waals surface area contributed by atoms with Crippen molar-refractivity contribution in [2.45, 2.75) is 25.3 Å². The summed E-state index contributed by atoms with van der Waals surface area (Å²) in [6.45, 7) is 4.89. The lowest BCUT2D eigenvalue weighted by Crippen LogP contribution is -2.68. The highest BCUT2D eigenvalue weighted by atomic mass is 35.5. The van der Waals surface area contributed by atoms with Crippen LogP contribution >= 0.6 is 11.6 Å².